The maximum Gasteiger partial charge on any atom is 0.0906 e. The fraction of sp³-hybridized carbons (Fsp3) is 0.700. The van der Waals surface area contributed by atoms with Gasteiger partial charge in [0.15, 0.2) is 0 Å². The van der Waals surface area contributed by atoms with E-state index in [0.29, 0.717) is 12.5 Å². The van der Waals surface area contributed by atoms with Crippen LogP contribution in [-0.2, 0) is 0 Å². The van der Waals surface area contributed by atoms with Crippen molar-refractivity contribution in [2.75, 3.05) is 32.9 Å². The van der Waals surface area contributed by atoms with Crippen LogP contribution < -0.4 is 0 Å². The zero-order chi connectivity index (χ0) is 15.6. The third kappa shape index (κ3) is 3.18. The summed E-state index contributed by atoms with van der Waals surface area (Å²) in [4.78, 5) is 5.38. The number of hydrogen-bond donors (Lipinski definition) is 0. The second kappa shape index (κ2) is 6.90. The third-order valence-electron chi connectivity index (χ3n) is 6.25. The second-order valence-electron chi connectivity index (χ2n) is 7.79. The Morgan fingerprint density at radius 2 is 1.91 bits per heavy atom. The molecule has 4 rings (SSSR count). The Bertz CT molecular complexity index is 506. The van der Waals surface area contributed by atoms with Gasteiger partial charge in [0.05, 0.1) is 6.67 Å². The highest BCUT2D eigenvalue weighted by atomic mass is 19.1. The summed E-state index contributed by atoms with van der Waals surface area (Å²) in [5, 5.41) is 0. The monoisotopic (exact) mass is 316 g/mol. The summed E-state index contributed by atoms with van der Waals surface area (Å²) in [6.45, 7) is 4.41. The van der Waals surface area contributed by atoms with Gasteiger partial charge < -0.3 is 4.90 Å². The van der Waals surface area contributed by atoms with E-state index >= 15 is 0 Å². The summed E-state index contributed by atoms with van der Waals surface area (Å²) in [5.74, 6) is 1.59. The predicted molar refractivity (Wildman–Crippen MR) is 92.2 cm³/mol. The minimum atomic E-state index is -0.169. The van der Waals surface area contributed by atoms with Crippen molar-refractivity contribution in [3.63, 3.8) is 0 Å². The zero-order valence-electron chi connectivity index (χ0n) is 14.0. The van der Waals surface area contributed by atoms with E-state index in [1.54, 1.807) is 0 Å². The molecule has 0 saturated carbocycles. The molecule has 3 saturated heterocycles. The van der Waals surface area contributed by atoms with Crippen molar-refractivity contribution in [3.8, 4) is 0 Å². The van der Waals surface area contributed by atoms with Gasteiger partial charge in [-0.15, -0.1) is 0 Å². The van der Waals surface area contributed by atoms with E-state index in [2.05, 4.69) is 40.1 Å². The fourth-order valence-electron chi connectivity index (χ4n) is 5.41. The molecular weight excluding hydrogens is 287 g/mol. The van der Waals surface area contributed by atoms with Crippen molar-refractivity contribution in [2.45, 2.75) is 44.2 Å². The van der Waals surface area contributed by atoms with Crippen LogP contribution in [0.15, 0.2) is 30.3 Å². The van der Waals surface area contributed by atoms with E-state index in [1.807, 2.05) is 0 Å². The molecule has 0 N–H and O–H groups in total. The predicted octanol–water partition coefficient (Wildman–Crippen LogP) is 3.89. The molecule has 0 unspecified atom stereocenters. The lowest BCUT2D eigenvalue weighted by Gasteiger charge is -2.55. The van der Waals surface area contributed by atoms with E-state index in [9.17, 15) is 4.39 Å². The molecule has 1 aromatic carbocycles. The SMILES string of the molecule is FCCCN1C[C@@H]2C[C@H](C1)[C@@H]1CCC[C@H](c3ccccc3)N1C2. The highest BCUT2D eigenvalue weighted by molar-refractivity contribution is 5.20. The summed E-state index contributed by atoms with van der Waals surface area (Å²) < 4.78 is 12.5. The van der Waals surface area contributed by atoms with Gasteiger partial charge in [0.25, 0.3) is 0 Å². The summed E-state index contributed by atoms with van der Waals surface area (Å²) in [6.07, 6.45) is 6.13. The van der Waals surface area contributed by atoms with Crippen molar-refractivity contribution >= 4 is 0 Å². The molecule has 4 atom stereocenters. The van der Waals surface area contributed by atoms with Crippen molar-refractivity contribution in [3.05, 3.63) is 35.9 Å². The fourth-order valence-corrected chi connectivity index (χ4v) is 5.41. The number of piperidine rings is 3. The van der Waals surface area contributed by atoms with Gasteiger partial charge >= 0.3 is 0 Å². The number of halogens is 1. The Morgan fingerprint density at radius 3 is 2.74 bits per heavy atom. The number of rotatable bonds is 4. The molecule has 2 nitrogen and oxygen atoms in total. The van der Waals surface area contributed by atoms with Gasteiger partial charge in [0.1, 0.15) is 0 Å². The average molecular weight is 316 g/mol. The number of alkyl halides is 1. The normalized spacial score (nSPS) is 35.0. The zero-order valence-corrected chi connectivity index (χ0v) is 14.0. The molecular formula is C20H29FN2. The van der Waals surface area contributed by atoms with Gasteiger partial charge in [0, 0.05) is 38.3 Å². The first-order valence-corrected chi connectivity index (χ1v) is 9.44. The van der Waals surface area contributed by atoms with Gasteiger partial charge in [-0.3, -0.25) is 9.29 Å². The van der Waals surface area contributed by atoms with Crippen LogP contribution in [0, 0.1) is 11.8 Å². The van der Waals surface area contributed by atoms with Crippen molar-refractivity contribution < 1.29 is 4.39 Å². The lowest BCUT2D eigenvalue weighted by Crippen LogP contribution is -2.59. The van der Waals surface area contributed by atoms with Crippen molar-refractivity contribution in [1.82, 2.24) is 9.80 Å². The molecule has 3 heterocycles. The van der Waals surface area contributed by atoms with Crippen molar-refractivity contribution in [2.24, 2.45) is 11.8 Å². The first kappa shape index (κ1) is 15.6. The largest absolute Gasteiger partial charge is 0.303 e. The molecule has 3 heteroatoms. The summed E-state index contributed by atoms with van der Waals surface area (Å²) in [6, 6.07) is 12.5. The molecule has 0 spiro atoms. The van der Waals surface area contributed by atoms with E-state index < -0.39 is 0 Å². The topological polar surface area (TPSA) is 6.48 Å². The number of hydrogen-bond acceptors (Lipinski definition) is 2. The first-order chi connectivity index (χ1) is 11.3. The van der Waals surface area contributed by atoms with E-state index in [0.717, 1.165) is 24.4 Å². The molecule has 0 amide bonds. The van der Waals surface area contributed by atoms with E-state index in [-0.39, 0.29) is 6.67 Å². The minimum absolute atomic E-state index is 0.169. The van der Waals surface area contributed by atoms with Crippen LogP contribution in [-0.4, -0.2) is 48.7 Å². The molecule has 1 aromatic rings. The lowest BCUT2D eigenvalue weighted by molar-refractivity contribution is -0.0576. The summed E-state index contributed by atoms with van der Waals surface area (Å²) in [7, 11) is 0. The van der Waals surface area contributed by atoms with Gasteiger partial charge in [-0.05, 0) is 49.5 Å². The van der Waals surface area contributed by atoms with Crippen molar-refractivity contribution in [1.29, 1.82) is 0 Å². The second-order valence-corrected chi connectivity index (χ2v) is 7.79. The Kier molecular flexibility index (Phi) is 4.68. The molecule has 3 fully saturated rings. The Labute approximate surface area is 139 Å². The number of nitrogens with zero attached hydrogens (tertiary/aromatic N) is 2. The maximum absolute atomic E-state index is 12.5. The quantitative estimate of drug-likeness (QED) is 0.831. The summed E-state index contributed by atoms with van der Waals surface area (Å²) in [5.41, 5.74) is 1.51. The smallest absolute Gasteiger partial charge is 0.0906 e. The first-order valence-electron chi connectivity index (χ1n) is 9.44. The molecule has 0 aromatic heterocycles. The molecule has 3 aliphatic rings. The minimum Gasteiger partial charge on any atom is -0.303 e. The van der Waals surface area contributed by atoms with E-state index in [1.165, 1.54) is 50.9 Å². The van der Waals surface area contributed by atoms with Crippen LogP contribution in [0.25, 0.3) is 0 Å². The third-order valence-corrected chi connectivity index (χ3v) is 6.25. The Hall–Kier alpha value is -0.930. The van der Waals surface area contributed by atoms with Gasteiger partial charge in [-0.25, -0.2) is 0 Å². The van der Waals surface area contributed by atoms with Gasteiger partial charge in [-0.2, -0.15) is 0 Å². The number of fused-ring (bicyclic) bond motifs is 4. The van der Waals surface area contributed by atoms with Crippen LogP contribution in [0.1, 0.15) is 43.7 Å². The molecule has 2 bridgehead atoms. The molecule has 0 radical (unpaired) electrons. The molecule has 126 valence electrons. The van der Waals surface area contributed by atoms with Crippen LogP contribution in [0.2, 0.25) is 0 Å². The highest BCUT2D eigenvalue weighted by Crippen LogP contribution is 2.44. The molecule has 0 aliphatic carbocycles. The van der Waals surface area contributed by atoms with Crippen LogP contribution >= 0.6 is 0 Å². The molecule has 3 aliphatic heterocycles. The summed E-state index contributed by atoms with van der Waals surface area (Å²) >= 11 is 0. The van der Waals surface area contributed by atoms with Gasteiger partial charge in [0.2, 0.25) is 0 Å². The Morgan fingerprint density at radius 1 is 1.04 bits per heavy atom. The maximum atomic E-state index is 12.5. The standard InChI is InChI=1S/C20H29FN2/c21-10-5-11-22-13-16-12-18(15-22)20-9-4-8-19(23(20)14-16)17-6-2-1-3-7-17/h1-3,6-7,16,18-20H,4-5,8-15H2/t16-,18+,19+,20-/m0/s1. The number of benzene rings is 1. The van der Waals surface area contributed by atoms with Gasteiger partial charge in [-0.1, -0.05) is 30.3 Å². The van der Waals surface area contributed by atoms with Crippen LogP contribution in [0.4, 0.5) is 4.39 Å². The Balaban J connectivity index is 1.50. The average Bonchev–Trinajstić information content (AvgIpc) is 2.60. The highest BCUT2D eigenvalue weighted by Gasteiger charge is 2.44. The number of likely N-dealkylation sites (tertiary alicyclic amines) is 1. The molecule has 23 heavy (non-hydrogen) atoms. The lowest BCUT2D eigenvalue weighted by atomic mass is 9.74. The van der Waals surface area contributed by atoms with Crippen LogP contribution in [0.3, 0.4) is 0 Å². The van der Waals surface area contributed by atoms with Crippen LogP contribution in [0.5, 0.6) is 0 Å². The van der Waals surface area contributed by atoms with E-state index in [4.69, 9.17) is 0 Å².